The molecule has 13 heteroatoms. The molecule has 5 rings (SSSR count). The minimum atomic E-state index is -3.37. The number of rotatable bonds is 9. The Morgan fingerprint density at radius 1 is 1.27 bits per heavy atom. The van der Waals surface area contributed by atoms with E-state index in [2.05, 4.69) is 41.7 Å². The van der Waals surface area contributed by atoms with Crippen LogP contribution in [0.25, 0.3) is 16.9 Å². The van der Waals surface area contributed by atoms with Crippen molar-refractivity contribution in [3.05, 3.63) is 29.2 Å². The van der Waals surface area contributed by atoms with Crippen LogP contribution in [0.3, 0.4) is 0 Å². The lowest BCUT2D eigenvalue weighted by atomic mass is 10.2. The first-order valence-electron chi connectivity index (χ1n) is 12.6. The summed E-state index contributed by atoms with van der Waals surface area (Å²) in [7, 11) is -4.59. The Labute approximate surface area is 223 Å². The molecule has 1 saturated carbocycles. The van der Waals surface area contributed by atoms with Crippen molar-refractivity contribution in [1.82, 2.24) is 24.4 Å². The van der Waals surface area contributed by atoms with E-state index >= 15 is 0 Å². The second kappa shape index (κ2) is 9.64. The van der Waals surface area contributed by atoms with Crippen LogP contribution in [-0.4, -0.2) is 79.5 Å². The molecule has 0 spiro atoms. The Kier molecular flexibility index (Phi) is 6.93. The largest absolute Gasteiger partial charge is 0.377 e. The van der Waals surface area contributed by atoms with Gasteiger partial charge in [0, 0.05) is 39.6 Å². The summed E-state index contributed by atoms with van der Waals surface area (Å²) in [5.41, 5.74) is 2.66. The first-order chi connectivity index (χ1) is 17.4. The van der Waals surface area contributed by atoms with E-state index in [1.54, 1.807) is 21.5 Å². The van der Waals surface area contributed by atoms with E-state index in [9.17, 15) is 8.42 Å². The first kappa shape index (κ1) is 26.6. The fourth-order valence-electron chi connectivity index (χ4n) is 4.83. The van der Waals surface area contributed by atoms with Crippen LogP contribution < -0.4 is 4.90 Å². The molecule has 2 aliphatic rings. The summed E-state index contributed by atoms with van der Waals surface area (Å²) in [5.74, 6) is 0.721. The average molecular weight is 567 g/mol. The molecule has 4 heterocycles. The molecule has 0 unspecified atom stereocenters. The predicted molar refractivity (Wildman–Crippen MR) is 147 cm³/mol. The van der Waals surface area contributed by atoms with Gasteiger partial charge >= 0.3 is 0 Å². The summed E-state index contributed by atoms with van der Waals surface area (Å²) in [6, 6.07) is 4.82. The molecular weight excluding hydrogens is 532 g/mol. The number of hydrogen-bond acceptors (Lipinski definition) is 8. The quantitative estimate of drug-likeness (QED) is 0.284. The zero-order valence-electron chi connectivity index (χ0n) is 22.1. The lowest BCUT2D eigenvalue weighted by Gasteiger charge is -2.34. The average Bonchev–Trinajstić information content (AvgIpc) is 3.41. The van der Waals surface area contributed by atoms with Crippen molar-refractivity contribution >= 4 is 41.0 Å². The maximum absolute atomic E-state index is 12.9. The highest BCUT2D eigenvalue weighted by atomic mass is 35.5. The molecule has 1 atom stereocenters. The molecule has 1 saturated heterocycles. The highest BCUT2D eigenvalue weighted by Crippen LogP contribution is 2.53. The molecule has 0 amide bonds. The molecule has 202 valence electrons. The molecule has 10 nitrogen and oxygen atoms in total. The smallest absolute Gasteiger partial charge is 0.167 e. The second-order valence-corrected chi connectivity index (χ2v) is 19.7. The van der Waals surface area contributed by atoms with Crippen LogP contribution in [0.5, 0.6) is 0 Å². The summed E-state index contributed by atoms with van der Waals surface area (Å²) >= 11 is 6.34. The zero-order valence-corrected chi connectivity index (χ0v) is 24.6. The van der Waals surface area contributed by atoms with Gasteiger partial charge in [0.2, 0.25) is 0 Å². The normalized spacial score (nSPS) is 20.1. The standard InChI is InChI=1S/C24H35ClN6O4SSi/c1-17-15-34-9-8-29(17)22-13-20(24(6-7-24)36(2,32)33)31-23(27-22)18(14-26-31)19-12-21(25)28-30(19)16-35-10-11-37(3,4)5/h12-14,17H,6-11,15-16H2,1-5H3/t17-/m1/s1. The summed E-state index contributed by atoms with van der Waals surface area (Å²) in [5, 5.41) is 9.41. The zero-order chi connectivity index (χ0) is 26.6. The topological polar surface area (TPSA) is 104 Å². The van der Waals surface area contributed by atoms with E-state index in [0.29, 0.717) is 55.7 Å². The Hall–Kier alpha value is -1.99. The number of fused-ring (bicyclic) bond motifs is 1. The third kappa shape index (κ3) is 5.18. The van der Waals surface area contributed by atoms with Gasteiger partial charge in [0.15, 0.2) is 20.6 Å². The molecule has 0 N–H and O–H groups in total. The van der Waals surface area contributed by atoms with Crippen LogP contribution in [0.15, 0.2) is 18.3 Å². The summed E-state index contributed by atoms with van der Waals surface area (Å²) in [6.45, 7) is 11.8. The number of anilines is 1. The number of aromatic nitrogens is 5. The molecular formula is C24H35ClN6O4SSi. The molecule has 2 fully saturated rings. The monoisotopic (exact) mass is 566 g/mol. The van der Waals surface area contributed by atoms with Crippen LogP contribution >= 0.6 is 11.6 Å². The van der Waals surface area contributed by atoms with E-state index < -0.39 is 22.7 Å². The lowest BCUT2D eigenvalue weighted by Crippen LogP contribution is -2.44. The molecule has 1 aliphatic carbocycles. The maximum atomic E-state index is 12.9. The van der Waals surface area contributed by atoms with E-state index in [4.69, 9.17) is 26.1 Å². The number of nitrogens with zero attached hydrogens (tertiary/aromatic N) is 6. The van der Waals surface area contributed by atoms with Gasteiger partial charge in [-0.15, -0.1) is 0 Å². The fourth-order valence-corrected chi connectivity index (χ4v) is 7.15. The first-order valence-corrected chi connectivity index (χ1v) is 18.6. The highest BCUT2D eigenvalue weighted by Gasteiger charge is 2.56. The van der Waals surface area contributed by atoms with Crippen molar-refractivity contribution in [3.63, 3.8) is 0 Å². The molecule has 3 aromatic heterocycles. The van der Waals surface area contributed by atoms with Gasteiger partial charge in [0.1, 0.15) is 17.3 Å². The van der Waals surface area contributed by atoms with Crippen molar-refractivity contribution in [2.45, 2.75) is 63.0 Å². The number of halogens is 1. The highest BCUT2D eigenvalue weighted by molar-refractivity contribution is 7.92. The van der Waals surface area contributed by atoms with E-state index in [-0.39, 0.29) is 12.8 Å². The number of ether oxygens (including phenoxy) is 2. The van der Waals surface area contributed by atoms with Crippen molar-refractivity contribution in [2.24, 2.45) is 0 Å². The SMILES string of the molecule is C[C@@H]1COCCN1c1cc(C2(S(C)(=O)=O)CC2)n2ncc(-c3cc(Cl)nn3COCC[Si](C)(C)C)c2n1. The van der Waals surface area contributed by atoms with Crippen LogP contribution in [0.1, 0.15) is 25.5 Å². The minimum absolute atomic E-state index is 0.107. The molecule has 1 aliphatic heterocycles. The second-order valence-electron chi connectivity index (χ2n) is 11.4. The maximum Gasteiger partial charge on any atom is 0.167 e. The number of morpholine rings is 1. The minimum Gasteiger partial charge on any atom is -0.377 e. The fraction of sp³-hybridized carbons (Fsp3) is 0.625. The number of hydrogen-bond donors (Lipinski definition) is 0. The van der Waals surface area contributed by atoms with Crippen LogP contribution in [0, 0.1) is 0 Å². The van der Waals surface area contributed by atoms with Gasteiger partial charge < -0.3 is 14.4 Å². The summed E-state index contributed by atoms with van der Waals surface area (Å²) in [6.07, 6.45) is 4.14. The summed E-state index contributed by atoms with van der Waals surface area (Å²) < 4.78 is 39.9. The third-order valence-electron chi connectivity index (χ3n) is 7.24. The molecule has 0 bridgehead atoms. The van der Waals surface area contributed by atoms with Gasteiger partial charge in [-0.05, 0) is 25.8 Å². The predicted octanol–water partition coefficient (Wildman–Crippen LogP) is 3.82. The molecule has 37 heavy (non-hydrogen) atoms. The Morgan fingerprint density at radius 2 is 2.03 bits per heavy atom. The van der Waals surface area contributed by atoms with Crippen LogP contribution in [0.2, 0.25) is 30.8 Å². The van der Waals surface area contributed by atoms with Gasteiger partial charge in [-0.25, -0.2) is 22.6 Å². The lowest BCUT2D eigenvalue weighted by molar-refractivity contribution is 0.0798. The third-order valence-corrected chi connectivity index (χ3v) is 11.2. The molecule has 0 aromatic carbocycles. The van der Waals surface area contributed by atoms with Crippen molar-refractivity contribution < 1.29 is 17.9 Å². The van der Waals surface area contributed by atoms with Crippen LogP contribution in [0.4, 0.5) is 5.82 Å². The van der Waals surface area contributed by atoms with Crippen LogP contribution in [-0.2, 0) is 30.8 Å². The van der Waals surface area contributed by atoms with Gasteiger partial charge in [-0.2, -0.15) is 10.2 Å². The summed E-state index contributed by atoms with van der Waals surface area (Å²) in [4.78, 5) is 7.18. The Bertz CT molecular complexity index is 1410. The van der Waals surface area contributed by atoms with Gasteiger partial charge in [-0.1, -0.05) is 31.2 Å². The van der Waals surface area contributed by atoms with Gasteiger partial charge in [0.05, 0.1) is 42.4 Å². The Balaban J connectivity index is 1.60. The number of sulfone groups is 1. The van der Waals surface area contributed by atoms with E-state index in [0.717, 1.165) is 23.1 Å². The van der Waals surface area contributed by atoms with Gasteiger partial charge in [0.25, 0.3) is 0 Å². The van der Waals surface area contributed by atoms with Gasteiger partial charge in [-0.3, -0.25) is 0 Å². The van der Waals surface area contributed by atoms with Crippen molar-refractivity contribution in [2.75, 3.05) is 37.5 Å². The Morgan fingerprint density at radius 3 is 2.68 bits per heavy atom. The van der Waals surface area contributed by atoms with Crippen molar-refractivity contribution in [3.8, 4) is 11.3 Å². The molecule has 3 aromatic rings. The van der Waals surface area contributed by atoms with Crippen molar-refractivity contribution in [1.29, 1.82) is 0 Å². The van der Waals surface area contributed by atoms with E-state index in [1.807, 2.05) is 6.07 Å². The van der Waals surface area contributed by atoms with E-state index in [1.165, 1.54) is 6.26 Å². The molecule has 0 radical (unpaired) electrons.